The first-order valence-electron chi connectivity index (χ1n) is 5.37. The molecule has 0 saturated carbocycles. The summed E-state index contributed by atoms with van der Waals surface area (Å²) >= 11 is 0. The van der Waals surface area contributed by atoms with E-state index >= 15 is 0 Å². The van der Waals surface area contributed by atoms with Crippen molar-refractivity contribution in [1.82, 2.24) is 0 Å². The first-order valence-corrected chi connectivity index (χ1v) is 5.37. The molecule has 1 rings (SSSR count). The lowest BCUT2D eigenvalue weighted by Crippen LogP contribution is -2.59. The number of aliphatic hydroxyl groups is 3. The maximum absolute atomic E-state index is 9.78. The summed E-state index contributed by atoms with van der Waals surface area (Å²) in [6, 6.07) is 0. The molecule has 0 spiro atoms. The molecule has 0 amide bonds. The van der Waals surface area contributed by atoms with Gasteiger partial charge in [-0.15, -0.1) is 12.8 Å². The molecule has 0 aromatic carbocycles. The van der Waals surface area contributed by atoms with E-state index in [1.165, 1.54) is 0 Å². The molecule has 1 heterocycles. The molecule has 18 heavy (non-hydrogen) atoms. The molecule has 1 saturated heterocycles. The van der Waals surface area contributed by atoms with E-state index in [-0.39, 0.29) is 19.8 Å². The van der Waals surface area contributed by atoms with Gasteiger partial charge in [0.15, 0.2) is 6.29 Å². The molecule has 0 radical (unpaired) electrons. The van der Waals surface area contributed by atoms with Crippen molar-refractivity contribution in [3.63, 3.8) is 0 Å². The first-order chi connectivity index (χ1) is 8.61. The van der Waals surface area contributed by atoms with Gasteiger partial charge in [0.25, 0.3) is 0 Å². The van der Waals surface area contributed by atoms with Gasteiger partial charge in [-0.3, -0.25) is 0 Å². The highest BCUT2D eigenvalue weighted by Gasteiger charge is 2.44. The van der Waals surface area contributed by atoms with E-state index in [2.05, 4.69) is 11.8 Å². The monoisotopic (exact) mass is 256 g/mol. The van der Waals surface area contributed by atoms with Crippen LogP contribution >= 0.6 is 0 Å². The van der Waals surface area contributed by atoms with E-state index in [4.69, 9.17) is 27.1 Å². The van der Waals surface area contributed by atoms with Gasteiger partial charge in [-0.05, 0) is 0 Å². The van der Waals surface area contributed by atoms with Crippen LogP contribution in [0.5, 0.6) is 0 Å². The fourth-order valence-corrected chi connectivity index (χ4v) is 1.62. The van der Waals surface area contributed by atoms with Gasteiger partial charge in [-0.2, -0.15) is 0 Å². The summed E-state index contributed by atoms with van der Waals surface area (Å²) in [7, 11) is 0. The van der Waals surface area contributed by atoms with Crippen molar-refractivity contribution in [2.75, 3.05) is 19.8 Å². The minimum absolute atomic E-state index is 0.0403. The van der Waals surface area contributed by atoms with Crippen molar-refractivity contribution in [2.45, 2.75) is 30.7 Å². The highest BCUT2D eigenvalue weighted by molar-refractivity contribution is 4.92. The number of hydrogen-bond acceptors (Lipinski definition) is 6. The highest BCUT2D eigenvalue weighted by atomic mass is 16.7. The van der Waals surface area contributed by atoms with Gasteiger partial charge in [0, 0.05) is 0 Å². The van der Waals surface area contributed by atoms with Gasteiger partial charge < -0.3 is 29.5 Å². The van der Waals surface area contributed by atoms with E-state index in [0.29, 0.717) is 0 Å². The second-order valence-corrected chi connectivity index (χ2v) is 3.75. The largest absolute Gasteiger partial charge is 0.387 e. The molecule has 0 aliphatic carbocycles. The number of rotatable bonds is 5. The Bertz CT molecular complexity index is 328. The lowest BCUT2D eigenvalue weighted by molar-refractivity contribution is -0.295. The van der Waals surface area contributed by atoms with E-state index in [1.54, 1.807) is 0 Å². The molecule has 0 aromatic rings. The van der Waals surface area contributed by atoms with Crippen LogP contribution in [-0.4, -0.2) is 65.8 Å². The van der Waals surface area contributed by atoms with Gasteiger partial charge >= 0.3 is 0 Å². The van der Waals surface area contributed by atoms with Gasteiger partial charge in [0.1, 0.15) is 37.6 Å². The molecule has 6 heteroatoms. The predicted molar refractivity (Wildman–Crippen MR) is 61.1 cm³/mol. The fraction of sp³-hybridized carbons (Fsp3) is 0.667. The second kappa shape index (κ2) is 7.34. The Kier molecular flexibility index (Phi) is 6.10. The van der Waals surface area contributed by atoms with Crippen molar-refractivity contribution in [1.29, 1.82) is 0 Å². The summed E-state index contributed by atoms with van der Waals surface area (Å²) in [5.74, 6) is 4.45. The zero-order valence-corrected chi connectivity index (χ0v) is 9.73. The summed E-state index contributed by atoms with van der Waals surface area (Å²) < 4.78 is 15.1. The molecule has 1 aliphatic heterocycles. The minimum Gasteiger partial charge on any atom is -0.387 e. The molecule has 0 aromatic heterocycles. The zero-order chi connectivity index (χ0) is 13.5. The van der Waals surface area contributed by atoms with Crippen LogP contribution < -0.4 is 0 Å². The molecule has 5 atom stereocenters. The van der Waals surface area contributed by atoms with Crippen molar-refractivity contribution in [3.05, 3.63) is 0 Å². The van der Waals surface area contributed by atoms with Crippen molar-refractivity contribution in [3.8, 4) is 24.7 Å². The van der Waals surface area contributed by atoms with E-state index in [0.717, 1.165) is 0 Å². The van der Waals surface area contributed by atoms with Gasteiger partial charge in [-0.25, -0.2) is 0 Å². The summed E-state index contributed by atoms with van der Waals surface area (Å²) in [5, 5.41) is 29.2. The molecule has 1 aliphatic rings. The van der Waals surface area contributed by atoms with Crippen LogP contribution in [0.3, 0.4) is 0 Å². The zero-order valence-electron chi connectivity index (χ0n) is 9.73. The number of hydrogen-bond donors (Lipinski definition) is 3. The van der Waals surface area contributed by atoms with Crippen LogP contribution in [-0.2, 0) is 14.2 Å². The fourth-order valence-electron chi connectivity index (χ4n) is 1.62. The number of terminal acetylenes is 2. The summed E-state index contributed by atoms with van der Waals surface area (Å²) in [6.07, 6.45) is 4.05. The van der Waals surface area contributed by atoms with E-state index < -0.39 is 30.7 Å². The van der Waals surface area contributed by atoms with Crippen LogP contribution in [0.4, 0.5) is 0 Å². The van der Waals surface area contributed by atoms with Crippen LogP contribution in [0, 0.1) is 24.7 Å². The first kappa shape index (κ1) is 14.9. The third-order valence-electron chi connectivity index (χ3n) is 2.49. The standard InChI is InChI=1S/C12H16O6/c1-3-5-16-7-8-9(13)10(14)11(12(15)18-8)17-6-4-2/h1-2,8-15H,5-7H2/t8-,9+,10+,11-,12+/m1/s1. The van der Waals surface area contributed by atoms with Crippen molar-refractivity contribution >= 4 is 0 Å². The molecule has 1 fully saturated rings. The third kappa shape index (κ3) is 3.69. The Morgan fingerprint density at radius 3 is 2.33 bits per heavy atom. The van der Waals surface area contributed by atoms with Crippen molar-refractivity contribution < 1.29 is 29.5 Å². The Labute approximate surface area is 105 Å². The number of aliphatic hydroxyl groups excluding tert-OH is 3. The Hall–Kier alpha value is -1.12. The molecule has 100 valence electrons. The van der Waals surface area contributed by atoms with E-state index in [9.17, 15) is 15.3 Å². The smallest absolute Gasteiger partial charge is 0.184 e. The summed E-state index contributed by atoms with van der Waals surface area (Å²) in [5.41, 5.74) is 0. The average Bonchev–Trinajstić information content (AvgIpc) is 2.35. The average molecular weight is 256 g/mol. The molecular formula is C12H16O6. The van der Waals surface area contributed by atoms with E-state index in [1.807, 2.05) is 0 Å². The van der Waals surface area contributed by atoms with Gasteiger partial charge in [0.2, 0.25) is 0 Å². The minimum atomic E-state index is -1.39. The lowest BCUT2D eigenvalue weighted by atomic mass is 9.99. The van der Waals surface area contributed by atoms with Crippen LogP contribution in [0.25, 0.3) is 0 Å². The Morgan fingerprint density at radius 1 is 1.06 bits per heavy atom. The second-order valence-electron chi connectivity index (χ2n) is 3.75. The highest BCUT2D eigenvalue weighted by Crippen LogP contribution is 2.22. The quantitative estimate of drug-likeness (QED) is 0.393. The topological polar surface area (TPSA) is 88.4 Å². The SMILES string of the molecule is C#CCOC[C@H]1O[C@H](O)[C@H](OCC#C)[C@@H](O)[C@H]1O. The Balaban J connectivity index is 2.54. The normalized spacial score (nSPS) is 35.7. The Morgan fingerprint density at radius 2 is 1.72 bits per heavy atom. The summed E-state index contributed by atoms with van der Waals surface area (Å²) in [4.78, 5) is 0. The molecule has 0 bridgehead atoms. The van der Waals surface area contributed by atoms with Gasteiger partial charge in [-0.1, -0.05) is 11.8 Å². The van der Waals surface area contributed by atoms with Crippen LogP contribution in [0.15, 0.2) is 0 Å². The summed E-state index contributed by atoms with van der Waals surface area (Å²) in [6.45, 7) is -0.0930. The van der Waals surface area contributed by atoms with Crippen LogP contribution in [0.2, 0.25) is 0 Å². The molecule has 0 unspecified atom stereocenters. The maximum atomic E-state index is 9.78. The number of ether oxygens (including phenoxy) is 3. The predicted octanol–water partition coefficient (Wildman–Crippen LogP) is -1.91. The maximum Gasteiger partial charge on any atom is 0.184 e. The molecular weight excluding hydrogens is 240 g/mol. The lowest BCUT2D eigenvalue weighted by Gasteiger charge is -2.39. The third-order valence-corrected chi connectivity index (χ3v) is 2.49. The van der Waals surface area contributed by atoms with Crippen molar-refractivity contribution in [2.24, 2.45) is 0 Å². The van der Waals surface area contributed by atoms with Crippen LogP contribution in [0.1, 0.15) is 0 Å². The molecule has 6 nitrogen and oxygen atoms in total. The molecule has 3 N–H and O–H groups in total. The van der Waals surface area contributed by atoms with Gasteiger partial charge in [0.05, 0.1) is 6.61 Å².